The minimum atomic E-state index is -0.566. The molecule has 1 aliphatic rings. The summed E-state index contributed by atoms with van der Waals surface area (Å²) in [4.78, 5) is 36.9. The summed E-state index contributed by atoms with van der Waals surface area (Å²) >= 11 is 0. The van der Waals surface area contributed by atoms with E-state index in [2.05, 4.69) is 10.2 Å². The minimum Gasteiger partial charge on any atom is -0.378 e. The fourth-order valence-electron chi connectivity index (χ4n) is 2.96. The Morgan fingerprint density at radius 1 is 1.07 bits per heavy atom. The number of nitro groups is 1. The monoisotopic (exact) mass is 395 g/mol. The van der Waals surface area contributed by atoms with Gasteiger partial charge in [0, 0.05) is 36.6 Å². The Labute approximate surface area is 167 Å². The third kappa shape index (κ3) is 5.26. The summed E-state index contributed by atoms with van der Waals surface area (Å²) in [6.07, 6.45) is 1.53. The molecule has 1 N–H and O–H groups in total. The quantitative estimate of drug-likeness (QED) is 0.265. The van der Waals surface area contributed by atoms with Crippen LogP contribution in [0.1, 0.15) is 12.5 Å². The van der Waals surface area contributed by atoms with Gasteiger partial charge in [0.05, 0.1) is 23.7 Å². The molecule has 1 aliphatic heterocycles. The molecule has 0 spiro atoms. The molecule has 29 heavy (non-hydrogen) atoms. The van der Waals surface area contributed by atoms with Crippen LogP contribution in [-0.4, -0.2) is 42.9 Å². The Morgan fingerprint density at radius 2 is 1.69 bits per heavy atom. The number of rotatable bonds is 6. The fourth-order valence-corrected chi connectivity index (χ4v) is 2.96. The van der Waals surface area contributed by atoms with Crippen LogP contribution in [0.3, 0.4) is 0 Å². The van der Waals surface area contributed by atoms with Crippen molar-refractivity contribution in [3.63, 3.8) is 0 Å². The topological polar surface area (TPSA) is 102 Å². The van der Waals surface area contributed by atoms with Crippen molar-refractivity contribution in [1.82, 2.24) is 0 Å². The maximum Gasteiger partial charge on any atom is 0.269 e. The molecule has 3 rings (SSSR count). The highest BCUT2D eigenvalue weighted by Gasteiger charge is 2.16. The van der Waals surface area contributed by atoms with Crippen molar-refractivity contribution in [1.29, 1.82) is 0 Å². The second-order valence-electron chi connectivity index (χ2n) is 6.56. The molecule has 1 heterocycles. The van der Waals surface area contributed by atoms with Crippen molar-refractivity contribution in [2.24, 2.45) is 0 Å². The predicted molar refractivity (Wildman–Crippen MR) is 110 cm³/mol. The van der Waals surface area contributed by atoms with Gasteiger partial charge in [-0.15, -0.1) is 0 Å². The molecule has 0 radical (unpaired) electrons. The number of Topliss-reactive ketones (excluding diaryl/α,β-unsaturated/α-hetero) is 1. The lowest BCUT2D eigenvalue weighted by Crippen LogP contribution is -2.36. The second kappa shape index (κ2) is 9.11. The van der Waals surface area contributed by atoms with E-state index in [1.165, 1.54) is 37.3 Å². The standard InChI is InChI=1S/C21H21N3O5/c1-15(25)20(21(26)22-17-4-8-19(9-5-17)24(27)28)14-16-2-6-18(7-3-16)23-10-12-29-13-11-23/h2-9,14H,10-13H2,1H3,(H,22,26)/b20-14+. The van der Waals surface area contributed by atoms with E-state index in [9.17, 15) is 19.7 Å². The van der Waals surface area contributed by atoms with E-state index >= 15 is 0 Å². The van der Waals surface area contributed by atoms with Crippen LogP contribution in [0.5, 0.6) is 0 Å². The number of carbonyl (C=O) groups excluding carboxylic acids is 2. The summed E-state index contributed by atoms with van der Waals surface area (Å²) in [6.45, 7) is 4.36. The van der Waals surface area contributed by atoms with Crippen LogP contribution in [0.15, 0.2) is 54.1 Å². The zero-order chi connectivity index (χ0) is 20.8. The van der Waals surface area contributed by atoms with Gasteiger partial charge in [-0.1, -0.05) is 12.1 Å². The van der Waals surface area contributed by atoms with Crippen LogP contribution in [0, 0.1) is 10.1 Å². The number of hydrogen-bond acceptors (Lipinski definition) is 6. The first-order valence-electron chi connectivity index (χ1n) is 9.15. The highest BCUT2D eigenvalue weighted by Crippen LogP contribution is 2.20. The van der Waals surface area contributed by atoms with Crippen molar-refractivity contribution in [3.8, 4) is 0 Å². The maximum atomic E-state index is 12.5. The normalized spacial score (nSPS) is 14.4. The lowest BCUT2D eigenvalue weighted by atomic mass is 10.1. The summed E-state index contributed by atoms with van der Waals surface area (Å²) in [5.74, 6) is -0.940. The number of anilines is 2. The molecule has 1 saturated heterocycles. The molecule has 0 bridgehead atoms. The van der Waals surface area contributed by atoms with Gasteiger partial charge in [-0.05, 0) is 42.8 Å². The van der Waals surface area contributed by atoms with Gasteiger partial charge in [0.1, 0.15) is 0 Å². The smallest absolute Gasteiger partial charge is 0.269 e. The van der Waals surface area contributed by atoms with E-state index in [0.717, 1.165) is 24.3 Å². The maximum absolute atomic E-state index is 12.5. The number of nitrogens with one attached hydrogen (secondary N) is 1. The Bertz CT molecular complexity index is 930. The van der Waals surface area contributed by atoms with Crippen LogP contribution in [-0.2, 0) is 14.3 Å². The van der Waals surface area contributed by atoms with Gasteiger partial charge in [-0.2, -0.15) is 0 Å². The summed E-state index contributed by atoms with van der Waals surface area (Å²) < 4.78 is 5.35. The number of carbonyl (C=O) groups is 2. The molecule has 2 aromatic rings. The van der Waals surface area contributed by atoms with E-state index in [1.807, 2.05) is 24.3 Å². The Balaban J connectivity index is 1.74. The van der Waals surface area contributed by atoms with Gasteiger partial charge in [-0.25, -0.2) is 0 Å². The summed E-state index contributed by atoms with van der Waals surface area (Å²) in [7, 11) is 0. The molecule has 0 atom stereocenters. The lowest BCUT2D eigenvalue weighted by Gasteiger charge is -2.28. The Morgan fingerprint density at radius 3 is 2.24 bits per heavy atom. The van der Waals surface area contributed by atoms with Crippen molar-refractivity contribution >= 4 is 34.8 Å². The molecule has 1 amide bonds. The molecule has 0 aromatic heterocycles. The Hall–Kier alpha value is -3.52. The number of hydrogen-bond donors (Lipinski definition) is 1. The van der Waals surface area contributed by atoms with Crippen molar-refractivity contribution in [3.05, 3.63) is 69.8 Å². The van der Waals surface area contributed by atoms with Crippen molar-refractivity contribution < 1.29 is 19.2 Å². The largest absolute Gasteiger partial charge is 0.378 e. The molecule has 1 fully saturated rings. The van der Waals surface area contributed by atoms with Crippen LogP contribution >= 0.6 is 0 Å². The van der Waals surface area contributed by atoms with E-state index in [1.54, 1.807) is 0 Å². The number of nitrogens with zero attached hydrogens (tertiary/aromatic N) is 2. The van der Waals surface area contributed by atoms with Gasteiger partial charge in [0.25, 0.3) is 11.6 Å². The van der Waals surface area contributed by atoms with Crippen LogP contribution in [0.4, 0.5) is 17.1 Å². The summed E-state index contributed by atoms with van der Waals surface area (Å²) in [5, 5.41) is 13.3. The average Bonchev–Trinajstić information content (AvgIpc) is 2.73. The molecule has 150 valence electrons. The predicted octanol–water partition coefficient (Wildman–Crippen LogP) is 3.04. The second-order valence-corrected chi connectivity index (χ2v) is 6.56. The van der Waals surface area contributed by atoms with Crippen molar-refractivity contribution in [2.75, 3.05) is 36.5 Å². The van der Waals surface area contributed by atoms with E-state index in [4.69, 9.17) is 4.74 Å². The number of non-ortho nitro benzene ring substituents is 1. The van der Waals surface area contributed by atoms with Gasteiger partial charge < -0.3 is 15.0 Å². The van der Waals surface area contributed by atoms with Gasteiger partial charge in [0.2, 0.25) is 0 Å². The van der Waals surface area contributed by atoms with E-state index in [0.29, 0.717) is 18.9 Å². The molecule has 8 heteroatoms. The molecule has 0 aliphatic carbocycles. The SMILES string of the molecule is CC(=O)/C(=C\c1ccc(N2CCOCC2)cc1)C(=O)Nc1ccc([N+](=O)[O-])cc1. The highest BCUT2D eigenvalue weighted by molar-refractivity contribution is 6.25. The molecular weight excluding hydrogens is 374 g/mol. The highest BCUT2D eigenvalue weighted by atomic mass is 16.6. The first-order chi connectivity index (χ1) is 13.9. The first-order valence-corrected chi connectivity index (χ1v) is 9.15. The molecule has 0 unspecified atom stereocenters. The average molecular weight is 395 g/mol. The van der Waals surface area contributed by atoms with Crippen LogP contribution in [0.2, 0.25) is 0 Å². The zero-order valence-corrected chi connectivity index (χ0v) is 16.0. The number of nitro benzene ring substituents is 1. The molecular formula is C21H21N3O5. The van der Waals surface area contributed by atoms with Crippen LogP contribution in [0.25, 0.3) is 6.08 Å². The minimum absolute atomic E-state index is 0.00229. The number of ether oxygens (including phenoxy) is 1. The van der Waals surface area contributed by atoms with Gasteiger partial charge in [-0.3, -0.25) is 19.7 Å². The van der Waals surface area contributed by atoms with E-state index in [-0.39, 0.29) is 17.0 Å². The van der Waals surface area contributed by atoms with Gasteiger partial charge in [0.15, 0.2) is 5.78 Å². The van der Waals surface area contributed by atoms with Crippen LogP contribution < -0.4 is 10.2 Å². The zero-order valence-electron chi connectivity index (χ0n) is 16.0. The summed E-state index contributed by atoms with van der Waals surface area (Å²) in [6, 6.07) is 13.0. The third-order valence-electron chi connectivity index (χ3n) is 4.54. The molecule has 2 aromatic carbocycles. The van der Waals surface area contributed by atoms with Gasteiger partial charge >= 0.3 is 0 Å². The number of benzene rings is 2. The Kier molecular flexibility index (Phi) is 6.36. The lowest BCUT2D eigenvalue weighted by molar-refractivity contribution is -0.384. The van der Waals surface area contributed by atoms with Crippen molar-refractivity contribution in [2.45, 2.75) is 6.92 Å². The number of amides is 1. The number of morpholine rings is 1. The van der Waals surface area contributed by atoms with E-state index < -0.39 is 10.8 Å². The molecule has 0 saturated carbocycles. The first kappa shape index (κ1) is 20.2. The molecule has 8 nitrogen and oxygen atoms in total. The number of ketones is 1. The summed E-state index contributed by atoms with van der Waals surface area (Å²) in [5.41, 5.74) is 2.08. The third-order valence-corrected chi connectivity index (χ3v) is 4.54. The fraction of sp³-hybridized carbons (Fsp3) is 0.238.